The molecule has 1 aromatic rings. The summed E-state index contributed by atoms with van der Waals surface area (Å²) in [5.41, 5.74) is 5.79. The molecule has 1 aromatic heterocycles. The number of piperazine rings is 1. The number of hydrogen-bond donors (Lipinski definition) is 1. The summed E-state index contributed by atoms with van der Waals surface area (Å²) >= 11 is 0. The van der Waals surface area contributed by atoms with Gasteiger partial charge in [0, 0.05) is 37.3 Å². The highest BCUT2D eigenvalue weighted by molar-refractivity contribution is 5.35. The summed E-state index contributed by atoms with van der Waals surface area (Å²) < 4.78 is 23.2. The van der Waals surface area contributed by atoms with E-state index in [1.54, 1.807) is 12.4 Å². The fourth-order valence-corrected chi connectivity index (χ4v) is 3.65. The topological polar surface area (TPSA) is 76.7 Å². The lowest BCUT2D eigenvalue weighted by molar-refractivity contribution is -0.142. The van der Waals surface area contributed by atoms with E-state index < -0.39 is 0 Å². The molecule has 0 aliphatic carbocycles. The van der Waals surface area contributed by atoms with Crippen LogP contribution in [0.2, 0.25) is 0 Å². The fourth-order valence-electron chi connectivity index (χ4n) is 3.65. The Bertz CT molecular complexity index is 595. The van der Waals surface area contributed by atoms with E-state index in [1.165, 1.54) is 6.42 Å². The summed E-state index contributed by atoms with van der Waals surface area (Å²) in [6.07, 6.45) is 5.00. The SMILES string of the molecule is NC/C(=C\F)COc1cnc(N2CC3CC(C2)N3C2COC2)nc1. The molecule has 5 heterocycles. The van der Waals surface area contributed by atoms with Crippen molar-refractivity contribution in [1.82, 2.24) is 14.9 Å². The predicted molar refractivity (Wildman–Crippen MR) is 86.6 cm³/mol. The first-order valence-corrected chi connectivity index (χ1v) is 8.31. The van der Waals surface area contributed by atoms with Crippen molar-refractivity contribution >= 4 is 5.95 Å². The lowest BCUT2D eigenvalue weighted by atomic mass is 9.85. The summed E-state index contributed by atoms with van der Waals surface area (Å²) in [5, 5.41) is 0. The first-order chi connectivity index (χ1) is 11.8. The van der Waals surface area contributed by atoms with Crippen LogP contribution in [0.1, 0.15) is 6.42 Å². The quantitative estimate of drug-likeness (QED) is 0.803. The molecule has 4 saturated heterocycles. The maximum Gasteiger partial charge on any atom is 0.225 e. The summed E-state index contributed by atoms with van der Waals surface area (Å²) in [6, 6.07) is 1.77. The maximum absolute atomic E-state index is 12.5. The van der Waals surface area contributed by atoms with E-state index >= 15 is 0 Å². The third-order valence-electron chi connectivity index (χ3n) is 5.03. The Morgan fingerprint density at radius 1 is 1.29 bits per heavy atom. The molecule has 0 amide bonds. The molecule has 24 heavy (non-hydrogen) atoms. The third kappa shape index (κ3) is 2.85. The number of nitrogens with zero attached hydrogens (tertiary/aromatic N) is 4. The molecule has 5 rings (SSSR count). The van der Waals surface area contributed by atoms with Crippen LogP contribution in [-0.4, -0.2) is 72.4 Å². The molecular formula is C16H22FN5O2. The molecule has 130 valence electrons. The van der Waals surface area contributed by atoms with Crippen molar-refractivity contribution in [2.75, 3.05) is 44.4 Å². The zero-order valence-electron chi connectivity index (χ0n) is 13.5. The van der Waals surface area contributed by atoms with Crippen molar-refractivity contribution in [2.24, 2.45) is 5.73 Å². The van der Waals surface area contributed by atoms with Gasteiger partial charge in [0.2, 0.25) is 5.95 Å². The second-order valence-electron chi connectivity index (χ2n) is 6.57. The summed E-state index contributed by atoms with van der Waals surface area (Å²) in [4.78, 5) is 13.6. The van der Waals surface area contributed by atoms with Crippen LogP contribution in [0, 0.1) is 0 Å². The van der Waals surface area contributed by atoms with E-state index in [4.69, 9.17) is 15.2 Å². The van der Waals surface area contributed by atoms with E-state index in [0.29, 0.717) is 35.8 Å². The Kier molecular flexibility index (Phi) is 4.34. The number of rotatable bonds is 6. The second kappa shape index (κ2) is 6.62. The van der Waals surface area contributed by atoms with Crippen molar-refractivity contribution < 1.29 is 13.9 Å². The molecule has 0 radical (unpaired) electrons. The third-order valence-corrected chi connectivity index (χ3v) is 5.03. The normalized spacial score (nSPS) is 27.6. The van der Waals surface area contributed by atoms with Gasteiger partial charge in [0.15, 0.2) is 5.75 Å². The molecule has 4 aliphatic heterocycles. The van der Waals surface area contributed by atoms with Gasteiger partial charge >= 0.3 is 0 Å². The zero-order valence-corrected chi connectivity index (χ0v) is 13.5. The number of nitrogens with two attached hydrogens (primary N) is 1. The van der Waals surface area contributed by atoms with Gasteiger partial charge in [-0.25, -0.2) is 14.4 Å². The van der Waals surface area contributed by atoms with Crippen molar-refractivity contribution in [2.45, 2.75) is 24.5 Å². The molecule has 2 N–H and O–H groups in total. The first kappa shape index (κ1) is 15.7. The summed E-state index contributed by atoms with van der Waals surface area (Å²) in [7, 11) is 0. The van der Waals surface area contributed by atoms with Gasteiger partial charge in [-0.05, 0) is 6.42 Å². The van der Waals surface area contributed by atoms with Crippen LogP contribution in [0.25, 0.3) is 0 Å². The van der Waals surface area contributed by atoms with Crippen molar-refractivity contribution in [1.29, 1.82) is 0 Å². The molecule has 8 heteroatoms. The molecule has 0 saturated carbocycles. The van der Waals surface area contributed by atoms with Crippen LogP contribution in [0.5, 0.6) is 5.75 Å². The van der Waals surface area contributed by atoms with E-state index in [2.05, 4.69) is 19.8 Å². The van der Waals surface area contributed by atoms with Crippen LogP contribution in [0.4, 0.5) is 10.3 Å². The maximum atomic E-state index is 12.5. The average molecular weight is 335 g/mol. The number of hydrogen-bond acceptors (Lipinski definition) is 7. The largest absolute Gasteiger partial charge is 0.486 e. The summed E-state index contributed by atoms with van der Waals surface area (Å²) in [5.74, 6) is 1.24. The zero-order chi connectivity index (χ0) is 16.5. The average Bonchev–Trinajstić information content (AvgIpc) is 2.59. The minimum absolute atomic E-state index is 0.113. The number of halogens is 1. The van der Waals surface area contributed by atoms with Gasteiger partial charge in [-0.2, -0.15) is 0 Å². The number of piperidine rings is 1. The second-order valence-corrected chi connectivity index (χ2v) is 6.57. The molecule has 4 aliphatic rings. The lowest BCUT2D eigenvalue weighted by Gasteiger charge is -2.60. The van der Waals surface area contributed by atoms with Crippen molar-refractivity contribution in [3.8, 4) is 5.75 Å². The highest BCUT2D eigenvalue weighted by Gasteiger charge is 2.49. The highest BCUT2D eigenvalue weighted by Crippen LogP contribution is 2.37. The molecular weight excluding hydrogens is 313 g/mol. The van der Waals surface area contributed by atoms with Crippen LogP contribution < -0.4 is 15.4 Å². The van der Waals surface area contributed by atoms with Crippen molar-refractivity contribution in [3.05, 3.63) is 24.3 Å². The Morgan fingerprint density at radius 3 is 2.54 bits per heavy atom. The molecule has 2 bridgehead atoms. The lowest BCUT2D eigenvalue weighted by Crippen LogP contribution is -2.74. The Morgan fingerprint density at radius 2 is 2.00 bits per heavy atom. The minimum Gasteiger partial charge on any atom is -0.486 e. The standard InChI is InChI=1S/C16H22FN5O2/c17-2-11(3-18)8-24-15-4-19-16(20-5-15)21-6-12-1-13(7-21)22(12)14-9-23-10-14/h2,4-5,12-14H,1,3,6-10,18H2/b11-2+. The molecule has 2 unspecified atom stereocenters. The van der Waals surface area contributed by atoms with Gasteiger partial charge in [0.05, 0.1) is 38.0 Å². The van der Waals surface area contributed by atoms with Gasteiger partial charge in [-0.3, -0.25) is 4.90 Å². The van der Waals surface area contributed by atoms with Gasteiger partial charge in [-0.15, -0.1) is 0 Å². The molecule has 0 spiro atoms. The number of anilines is 1. The molecule has 2 atom stereocenters. The monoisotopic (exact) mass is 335 g/mol. The van der Waals surface area contributed by atoms with Crippen LogP contribution >= 0.6 is 0 Å². The number of fused-ring (bicyclic) bond motifs is 2. The van der Waals surface area contributed by atoms with E-state index in [0.717, 1.165) is 32.3 Å². The van der Waals surface area contributed by atoms with Crippen LogP contribution in [0.15, 0.2) is 24.3 Å². The molecule has 7 nitrogen and oxygen atoms in total. The number of aromatic nitrogens is 2. The van der Waals surface area contributed by atoms with E-state index in [1.807, 2.05) is 0 Å². The van der Waals surface area contributed by atoms with E-state index in [-0.39, 0.29) is 13.2 Å². The van der Waals surface area contributed by atoms with E-state index in [9.17, 15) is 4.39 Å². The van der Waals surface area contributed by atoms with Gasteiger partial charge < -0.3 is 20.1 Å². The molecule has 4 fully saturated rings. The minimum atomic E-state index is 0.113. The fraction of sp³-hybridized carbons (Fsp3) is 0.625. The summed E-state index contributed by atoms with van der Waals surface area (Å²) in [6.45, 7) is 3.89. The first-order valence-electron chi connectivity index (χ1n) is 8.31. The Hall–Kier alpha value is -1.77. The van der Waals surface area contributed by atoms with Crippen LogP contribution in [-0.2, 0) is 4.74 Å². The smallest absolute Gasteiger partial charge is 0.225 e. The predicted octanol–water partition coefficient (Wildman–Crippen LogP) is 0.329. The Balaban J connectivity index is 1.33. The number of ether oxygens (including phenoxy) is 2. The van der Waals surface area contributed by atoms with Gasteiger partial charge in [0.1, 0.15) is 6.61 Å². The highest BCUT2D eigenvalue weighted by atomic mass is 19.1. The van der Waals surface area contributed by atoms with Crippen LogP contribution in [0.3, 0.4) is 0 Å². The molecule has 0 aromatic carbocycles. The Labute approximate surface area is 140 Å². The van der Waals surface area contributed by atoms with Gasteiger partial charge in [0.25, 0.3) is 0 Å². The van der Waals surface area contributed by atoms with Gasteiger partial charge in [-0.1, -0.05) is 0 Å². The van der Waals surface area contributed by atoms with Crippen molar-refractivity contribution in [3.63, 3.8) is 0 Å².